The molecule has 1 aromatic carbocycles. The summed E-state index contributed by atoms with van der Waals surface area (Å²) < 4.78 is 35.5. The average molecular weight is 303 g/mol. The Hall–Kier alpha value is -2.07. The maximum Gasteiger partial charge on any atom is 0.295 e. The van der Waals surface area contributed by atoms with E-state index in [0.717, 1.165) is 17.0 Å². The first-order chi connectivity index (χ1) is 9.20. The van der Waals surface area contributed by atoms with Crippen LogP contribution in [0.4, 0.5) is 15.8 Å². The number of carbonyl (C=O) groups excluding carboxylic acids is 1. The zero-order valence-corrected chi connectivity index (χ0v) is 10.8. The van der Waals surface area contributed by atoms with Crippen molar-refractivity contribution in [1.29, 1.82) is 0 Å². The number of primary sulfonamides is 1. The first-order valence-corrected chi connectivity index (χ1v) is 7.07. The molecule has 1 heterocycles. The van der Waals surface area contributed by atoms with E-state index in [1.807, 2.05) is 0 Å². The standard InChI is InChI=1S/C10H10FN3O5S/c11-6-1-2-8(9(3-6)14(16)17)13-5-7(4-10(13)15)20(12,18)19/h1-3,7H,4-5H2,(H2,12,18,19). The van der Waals surface area contributed by atoms with Crippen LogP contribution in [0.5, 0.6) is 0 Å². The van der Waals surface area contributed by atoms with E-state index in [-0.39, 0.29) is 18.7 Å². The molecule has 2 rings (SSSR count). The van der Waals surface area contributed by atoms with Gasteiger partial charge < -0.3 is 4.90 Å². The number of nitrogens with zero attached hydrogens (tertiary/aromatic N) is 2. The summed E-state index contributed by atoms with van der Waals surface area (Å²) in [5.74, 6) is -1.44. The summed E-state index contributed by atoms with van der Waals surface area (Å²) in [5, 5.41) is 14.7. The second kappa shape index (κ2) is 4.80. The fourth-order valence-electron chi connectivity index (χ4n) is 2.00. The third kappa shape index (κ3) is 2.60. The summed E-state index contributed by atoms with van der Waals surface area (Å²) in [6, 6.07) is 2.70. The van der Waals surface area contributed by atoms with E-state index in [4.69, 9.17) is 5.14 Å². The Kier molecular flexibility index (Phi) is 3.44. The molecule has 0 saturated carbocycles. The number of nitro groups is 1. The highest BCUT2D eigenvalue weighted by molar-refractivity contribution is 7.89. The van der Waals surface area contributed by atoms with E-state index in [1.165, 1.54) is 0 Å². The monoisotopic (exact) mass is 303 g/mol. The molecule has 1 aliphatic heterocycles. The summed E-state index contributed by atoms with van der Waals surface area (Å²) >= 11 is 0. The van der Waals surface area contributed by atoms with Gasteiger partial charge in [-0.1, -0.05) is 0 Å². The number of nitrogens with two attached hydrogens (primary N) is 1. The minimum Gasteiger partial charge on any atom is -0.305 e. The van der Waals surface area contributed by atoms with Gasteiger partial charge in [0.2, 0.25) is 15.9 Å². The Balaban J connectivity index is 2.43. The molecule has 0 radical (unpaired) electrons. The lowest BCUT2D eigenvalue weighted by Crippen LogP contribution is -2.32. The maximum absolute atomic E-state index is 13.0. The predicted molar refractivity (Wildman–Crippen MR) is 66.9 cm³/mol. The maximum atomic E-state index is 13.0. The highest BCUT2D eigenvalue weighted by Gasteiger charge is 2.39. The fraction of sp³-hybridized carbons (Fsp3) is 0.300. The van der Waals surface area contributed by atoms with Gasteiger partial charge in [-0.25, -0.2) is 17.9 Å². The number of nitro benzene ring substituents is 1. The molecular formula is C10H10FN3O5S. The van der Waals surface area contributed by atoms with Crippen molar-refractivity contribution in [3.8, 4) is 0 Å². The zero-order valence-electron chi connectivity index (χ0n) is 10.0. The van der Waals surface area contributed by atoms with Crippen molar-refractivity contribution < 1.29 is 22.5 Å². The largest absolute Gasteiger partial charge is 0.305 e. The van der Waals surface area contributed by atoms with E-state index in [0.29, 0.717) is 6.07 Å². The van der Waals surface area contributed by atoms with Crippen molar-refractivity contribution in [1.82, 2.24) is 0 Å². The fourth-order valence-corrected chi connectivity index (χ4v) is 2.73. The molecule has 1 fully saturated rings. The molecule has 0 aliphatic carbocycles. The van der Waals surface area contributed by atoms with E-state index in [1.54, 1.807) is 0 Å². The van der Waals surface area contributed by atoms with E-state index in [9.17, 15) is 27.7 Å². The van der Waals surface area contributed by atoms with Gasteiger partial charge in [0, 0.05) is 13.0 Å². The first-order valence-electron chi connectivity index (χ1n) is 5.46. The summed E-state index contributed by atoms with van der Waals surface area (Å²) in [6.45, 7) is -0.288. The average Bonchev–Trinajstić information content (AvgIpc) is 2.71. The number of hydrogen-bond acceptors (Lipinski definition) is 5. The smallest absolute Gasteiger partial charge is 0.295 e. The highest BCUT2D eigenvalue weighted by Crippen LogP contribution is 2.32. The van der Waals surface area contributed by atoms with Gasteiger partial charge in [-0.2, -0.15) is 0 Å². The van der Waals surface area contributed by atoms with Crippen LogP contribution < -0.4 is 10.0 Å². The van der Waals surface area contributed by atoms with Gasteiger partial charge in [-0.15, -0.1) is 0 Å². The molecule has 20 heavy (non-hydrogen) atoms. The Bertz CT molecular complexity index is 690. The quantitative estimate of drug-likeness (QED) is 0.627. The molecule has 0 aromatic heterocycles. The minimum atomic E-state index is -3.92. The second-order valence-corrected chi connectivity index (χ2v) is 6.15. The third-order valence-electron chi connectivity index (χ3n) is 2.98. The van der Waals surface area contributed by atoms with Crippen LogP contribution in [-0.4, -0.2) is 31.0 Å². The molecule has 0 bridgehead atoms. The van der Waals surface area contributed by atoms with Crippen molar-refractivity contribution in [3.63, 3.8) is 0 Å². The van der Waals surface area contributed by atoms with Crippen LogP contribution in [0.1, 0.15) is 6.42 Å². The SMILES string of the molecule is NS(=O)(=O)C1CC(=O)N(c2ccc(F)cc2[N+](=O)[O-])C1. The van der Waals surface area contributed by atoms with Crippen LogP contribution >= 0.6 is 0 Å². The summed E-state index contributed by atoms with van der Waals surface area (Å²) in [7, 11) is -3.92. The second-order valence-electron chi connectivity index (χ2n) is 4.31. The summed E-state index contributed by atoms with van der Waals surface area (Å²) in [6.07, 6.45) is -0.354. The van der Waals surface area contributed by atoms with Crippen LogP contribution in [0.3, 0.4) is 0 Å². The van der Waals surface area contributed by atoms with Crippen molar-refractivity contribution in [2.45, 2.75) is 11.7 Å². The molecule has 8 nitrogen and oxygen atoms in total. The van der Waals surface area contributed by atoms with Crippen LogP contribution in [0, 0.1) is 15.9 Å². The van der Waals surface area contributed by atoms with Crippen molar-refractivity contribution in [2.75, 3.05) is 11.4 Å². The first kappa shape index (κ1) is 14.3. The molecule has 1 amide bonds. The van der Waals surface area contributed by atoms with Gasteiger partial charge in [0.05, 0.1) is 11.0 Å². The van der Waals surface area contributed by atoms with Gasteiger partial charge in [0.25, 0.3) is 5.69 Å². The number of halogens is 1. The zero-order chi connectivity index (χ0) is 15.1. The van der Waals surface area contributed by atoms with E-state index >= 15 is 0 Å². The lowest BCUT2D eigenvalue weighted by Gasteiger charge is -2.16. The Labute approximate surface area is 113 Å². The Morgan fingerprint density at radius 3 is 2.60 bits per heavy atom. The number of hydrogen-bond donors (Lipinski definition) is 1. The Morgan fingerprint density at radius 1 is 1.45 bits per heavy atom. The highest BCUT2D eigenvalue weighted by atomic mass is 32.2. The van der Waals surface area contributed by atoms with Gasteiger partial charge in [0.15, 0.2) is 0 Å². The number of rotatable bonds is 3. The van der Waals surface area contributed by atoms with Crippen LogP contribution in [0.15, 0.2) is 18.2 Å². The number of anilines is 1. The molecule has 108 valence electrons. The number of sulfonamides is 1. The summed E-state index contributed by atoms with van der Waals surface area (Å²) in [4.78, 5) is 22.8. The van der Waals surface area contributed by atoms with Crippen molar-refractivity contribution in [3.05, 3.63) is 34.1 Å². The molecule has 2 N–H and O–H groups in total. The minimum absolute atomic E-state index is 0.146. The number of carbonyl (C=O) groups is 1. The molecule has 1 unspecified atom stereocenters. The molecule has 1 saturated heterocycles. The third-order valence-corrected chi connectivity index (χ3v) is 4.22. The van der Waals surface area contributed by atoms with Gasteiger partial charge in [0.1, 0.15) is 16.8 Å². The molecule has 1 atom stereocenters. The predicted octanol–water partition coefficient (Wildman–Crippen LogP) is 0.128. The van der Waals surface area contributed by atoms with Gasteiger partial charge in [-0.3, -0.25) is 14.9 Å². The van der Waals surface area contributed by atoms with Gasteiger partial charge in [-0.05, 0) is 12.1 Å². The lowest BCUT2D eigenvalue weighted by atomic mass is 10.2. The van der Waals surface area contributed by atoms with Crippen molar-refractivity contribution >= 4 is 27.3 Å². The number of benzene rings is 1. The summed E-state index contributed by atoms with van der Waals surface area (Å²) in [5.41, 5.74) is -0.749. The molecule has 0 spiro atoms. The number of amides is 1. The van der Waals surface area contributed by atoms with Crippen LogP contribution in [-0.2, 0) is 14.8 Å². The lowest BCUT2D eigenvalue weighted by molar-refractivity contribution is -0.384. The van der Waals surface area contributed by atoms with Crippen LogP contribution in [0.25, 0.3) is 0 Å². The molecule has 1 aromatic rings. The molecule has 10 heteroatoms. The molecular weight excluding hydrogens is 293 g/mol. The van der Waals surface area contributed by atoms with E-state index < -0.39 is 37.6 Å². The molecule has 1 aliphatic rings. The Morgan fingerprint density at radius 2 is 2.10 bits per heavy atom. The normalized spacial score (nSPS) is 19.4. The van der Waals surface area contributed by atoms with E-state index in [2.05, 4.69) is 0 Å². The van der Waals surface area contributed by atoms with Crippen LogP contribution in [0.2, 0.25) is 0 Å². The topological polar surface area (TPSA) is 124 Å². The van der Waals surface area contributed by atoms with Gasteiger partial charge >= 0.3 is 0 Å². The van der Waals surface area contributed by atoms with Crippen molar-refractivity contribution in [2.24, 2.45) is 5.14 Å².